The highest BCUT2D eigenvalue weighted by atomic mass is 14.8. The molecule has 35 valence electrons. The van der Waals surface area contributed by atoms with E-state index in [1.165, 1.54) is 0 Å². The smallest absolute Gasteiger partial charge is 0.00172 e. The highest BCUT2D eigenvalue weighted by molar-refractivity contribution is 4.62. The third-order valence-corrected chi connectivity index (χ3v) is 0.561. The standard InChI is InChI=1S/C5H10N/c1-3-4-5-6-2/h1,3,6H,4-5H2,2H3. The topological polar surface area (TPSA) is 12.0 Å². The Morgan fingerprint density at radius 2 is 2.50 bits per heavy atom. The van der Waals surface area contributed by atoms with E-state index in [0.717, 1.165) is 13.0 Å². The highest BCUT2D eigenvalue weighted by Gasteiger charge is 1.68. The molecule has 0 rings (SSSR count). The number of nitrogens with one attached hydrogen (secondary N) is 1. The van der Waals surface area contributed by atoms with Gasteiger partial charge in [-0.25, -0.2) is 0 Å². The van der Waals surface area contributed by atoms with Crippen molar-refractivity contribution in [2.75, 3.05) is 13.6 Å². The minimum Gasteiger partial charge on any atom is -0.319 e. The zero-order chi connectivity index (χ0) is 4.83. The van der Waals surface area contributed by atoms with Gasteiger partial charge in [-0.05, 0) is 20.0 Å². The van der Waals surface area contributed by atoms with Crippen LogP contribution >= 0.6 is 0 Å². The van der Waals surface area contributed by atoms with Crippen LogP contribution in [0.3, 0.4) is 0 Å². The van der Waals surface area contributed by atoms with Crippen LogP contribution in [0.15, 0.2) is 6.08 Å². The predicted octanol–water partition coefficient (Wildman–Crippen LogP) is 0.585. The Morgan fingerprint density at radius 1 is 1.83 bits per heavy atom. The van der Waals surface area contributed by atoms with Gasteiger partial charge in [0.25, 0.3) is 0 Å². The van der Waals surface area contributed by atoms with E-state index in [9.17, 15) is 0 Å². The molecule has 1 N–H and O–H groups in total. The third-order valence-electron chi connectivity index (χ3n) is 0.561. The fourth-order valence-corrected chi connectivity index (χ4v) is 0.228. The maximum atomic E-state index is 5.05. The van der Waals surface area contributed by atoms with Crippen molar-refractivity contribution in [3.05, 3.63) is 12.7 Å². The third kappa shape index (κ3) is 3.70. The molecule has 0 saturated carbocycles. The molecule has 1 heteroatoms. The zero-order valence-electron chi connectivity index (χ0n) is 4.07. The highest BCUT2D eigenvalue weighted by Crippen LogP contribution is 1.69. The second kappa shape index (κ2) is 4.70. The zero-order valence-corrected chi connectivity index (χ0v) is 4.07. The van der Waals surface area contributed by atoms with Crippen LogP contribution < -0.4 is 5.32 Å². The fourth-order valence-electron chi connectivity index (χ4n) is 0.228. The summed E-state index contributed by atoms with van der Waals surface area (Å²) in [6.45, 7) is 6.03. The van der Waals surface area contributed by atoms with Crippen LogP contribution in [-0.2, 0) is 0 Å². The molecule has 1 radical (unpaired) electrons. The molecular formula is C5H10N. The molecule has 0 aliphatic carbocycles. The summed E-state index contributed by atoms with van der Waals surface area (Å²) in [7, 11) is 1.91. The molecule has 0 aromatic carbocycles. The normalized spacial score (nSPS) is 8.17. The monoisotopic (exact) mass is 84.1 g/mol. The van der Waals surface area contributed by atoms with E-state index in [4.69, 9.17) is 6.58 Å². The molecule has 0 aromatic heterocycles. The van der Waals surface area contributed by atoms with Gasteiger partial charge < -0.3 is 5.32 Å². The summed E-state index contributed by atoms with van der Waals surface area (Å²) < 4.78 is 0. The minimum atomic E-state index is 0.955. The molecular weight excluding hydrogens is 74.1 g/mol. The van der Waals surface area contributed by atoms with Crippen LogP contribution in [0.1, 0.15) is 6.42 Å². The lowest BCUT2D eigenvalue weighted by Crippen LogP contribution is -2.05. The SMILES string of the molecule is [CH]=CCCNC. The lowest BCUT2D eigenvalue weighted by Gasteiger charge is -1.86. The quantitative estimate of drug-likeness (QED) is 0.493. The second-order valence-corrected chi connectivity index (χ2v) is 1.13. The van der Waals surface area contributed by atoms with E-state index >= 15 is 0 Å². The molecule has 0 heterocycles. The summed E-state index contributed by atoms with van der Waals surface area (Å²) in [6, 6.07) is 0. The van der Waals surface area contributed by atoms with Crippen molar-refractivity contribution in [3.8, 4) is 0 Å². The first-order valence-electron chi connectivity index (χ1n) is 2.10. The lowest BCUT2D eigenvalue weighted by molar-refractivity contribution is 0.808. The Labute approximate surface area is 39.1 Å². The van der Waals surface area contributed by atoms with E-state index in [-0.39, 0.29) is 0 Å². The molecule has 6 heavy (non-hydrogen) atoms. The summed E-state index contributed by atoms with van der Waals surface area (Å²) >= 11 is 0. The molecule has 0 amide bonds. The number of hydrogen-bond acceptors (Lipinski definition) is 1. The maximum Gasteiger partial charge on any atom is -0.00172 e. The molecule has 0 aromatic rings. The molecule has 1 nitrogen and oxygen atoms in total. The molecule has 0 spiro atoms. The summed E-state index contributed by atoms with van der Waals surface area (Å²) in [5.41, 5.74) is 0. The van der Waals surface area contributed by atoms with Crippen LogP contribution in [0.25, 0.3) is 0 Å². The summed E-state index contributed by atoms with van der Waals surface area (Å²) in [5, 5.41) is 2.96. The van der Waals surface area contributed by atoms with Gasteiger partial charge in [0.15, 0.2) is 0 Å². The van der Waals surface area contributed by atoms with Crippen molar-refractivity contribution in [2.45, 2.75) is 6.42 Å². The predicted molar refractivity (Wildman–Crippen MR) is 27.4 cm³/mol. The van der Waals surface area contributed by atoms with Gasteiger partial charge in [0.05, 0.1) is 0 Å². The van der Waals surface area contributed by atoms with Gasteiger partial charge >= 0.3 is 0 Å². The summed E-state index contributed by atoms with van der Waals surface area (Å²) in [5.74, 6) is 0. The summed E-state index contributed by atoms with van der Waals surface area (Å²) in [6.07, 6.45) is 2.60. The maximum absolute atomic E-state index is 5.05. The van der Waals surface area contributed by atoms with Gasteiger partial charge in [-0.15, -0.1) is 0 Å². The Morgan fingerprint density at radius 3 is 2.67 bits per heavy atom. The van der Waals surface area contributed by atoms with Crippen molar-refractivity contribution >= 4 is 0 Å². The van der Waals surface area contributed by atoms with E-state index in [2.05, 4.69) is 5.32 Å². The van der Waals surface area contributed by atoms with Gasteiger partial charge in [-0.2, -0.15) is 0 Å². The Balaban J connectivity index is 2.49. The van der Waals surface area contributed by atoms with Crippen LogP contribution in [0.2, 0.25) is 0 Å². The first-order valence-corrected chi connectivity index (χ1v) is 2.10. The van der Waals surface area contributed by atoms with Crippen molar-refractivity contribution in [3.63, 3.8) is 0 Å². The second-order valence-electron chi connectivity index (χ2n) is 1.13. The van der Waals surface area contributed by atoms with E-state index < -0.39 is 0 Å². The van der Waals surface area contributed by atoms with Crippen molar-refractivity contribution in [1.82, 2.24) is 5.32 Å². The van der Waals surface area contributed by atoms with Crippen molar-refractivity contribution in [2.24, 2.45) is 0 Å². The van der Waals surface area contributed by atoms with E-state index in [0.29, 0.717) is 0 Å². The Hall–Kier alpha value is -0.300. The Bertz CT molecular complexity index is 32.9. The van der Waals surface area contributed by atoms with Crippen LogP contribution in [0, 0.1) is 6.58 Å². The van der Waals surface area contributed by atoms with Crippen molar-refractivity contribution in [1.29, 1.82) is 0 Å². The van der Waals surface area contributed by atoms with Gasteiger partial charge in [0.1, 0.15) is 0 Å². The molecule has 0 fully saturated rings. The molecule has 0 aliphatic heterocycles. The average molecular weight is 84.1 g/mol. The molecule has 0 atom stereocenters. The first kappa shape index (κ1) is 5.70. The number of hydrogen-bond donors (Lipinski definition) is 1. The summed E-state index contributed by atoms with van der Waals surface area (Å²) in [4.78, 5) is 0. The largest absolute Gasteiger partial charge is 0.319 e. The number of rotatable bonds is 3. The van der Waals surface area contributed by atoms with Gasteiger partial charge in [-0.3, -0.25) is 0 Å². The first-order chi connectivity index (χ1) is 2.91. The van der Waals surface area contributed by atoms with Crippen LogP contribution in [0.4, 0.5) is 0 Å². The molecule has 0 aliphatic rings. The average Bonchev–Trinajstić information content (AvgIpc) is 1.61. The van der Waals surface area contributed by atoms with Gasteiger partial charge in [-0.1, -0.05) is 12.7 Å². The molecule has 0 bridgehead atoms. The van der Waals surface area contributed by atoms with E-state index in [1.807, 2.05) is 7.05 Å². The van der Waals surface area contributed by atoms with Crippen LogP contribution in [0.5, 0.6) is 0 Å². The van der Waals surface area contributed by atoms with Crippen molar-refractivity contribution < 1.29 is 0 Å². The molecule has 0 saturated heterocycles. The fraction of sp³-hybridized carbons (Fsp3) is 0.600. The molecule has 0 unspecified atom stereocenters. The van der Waals surface area contributed by atoms with Gasteiger partial charge in [0.2, 0.25) is 0 Å². The van der Waals surface area contributed by atoms with Gasteiger partial charge in [0, 0.05) is 0 Å². The lowest BCUT2D eigenvalue weighted by atomic mass is 10.4. The Kier molecular flexibility index (Phi) is 4.46. The van der Waals surface area contributed by atoms with Crippen LogP contribution in [-0.4, -0.2) is 13.6 Å². The van der Waals surface area contributed by atoms with E-state index in [1.54, 1.807) is 6.08 Å². The minimum absolute atomic E-state index is 0.955.